The van der Waals surface area contributed by atoms with Crippen molar-refractivity contribution in [3.05, 3.63) is 12.7 Å². The summed E-state index contributed by atoms with van der Waals surface area (Å²) in [6.45, 7) is 7.61. The lowest BCUT2D eigenvalue weighted by molar-refractivity contribution is 0.338. The molecule has 0 heterocycles. The third-order valence-electron chi connectivity index (χ3n) is 1.48. The third-order valence-corrected chi connectivity index (χ3v) is 1.48. The normalized spacial score (nSPS) is 13.5. The minimum atomic E-state index is 0.507. The molecule has 1 unspecified atom stereocenters. The lowest BCUT2D eigenvalue weighted by Gasteiger charge is -2.14. The molecule has 3 N–H and O–H groups in total. The summed E-state index contributed by atoms with van der Waals surface area (Å²) in [5.41, 5.74) is 0. The van der Waals surface area contributed by atoms with Crippen molar-refractivity contribution in [2.75, 3.05) is 20.1 Å². The van der Waals surface area contributed by atoms with Gasteiger partial charge in [-0.2, -0.15) is 0 Å². The molecule has 11 heavy (non-hydrogen) atoms. The van der Waals surface area contributed by atoms with Gasteiger partial charge in [-0.15, -0.1) is 6.58 Å². The quantitative estimate of drug-likeness (QED) is 0.332. The number of nitrogens with zero attached hydrogens (tertiary/aromatic N) is 1. The highest BCUT2D eigenvalue weighted by atomic mass is 15.4. The van der Waals surface area contributed by atoms with Crippen molar-refractivity contribution in [1.29, 1.82) is 0 Å². The molecule has 0 spiro atoms. The predicted molar refractivity (Wildman–Crippen MR) is 49.1 cm³/mol. The predicted octanol–water partition coefficient (Wildman–Crippen LogP) is 0.346. The summed E-state index contributed by atoms with van der Waals surface area (Å²) in [6, 6.07) is 0.507. The van der Waals surface area contributed by atoms with Crippen LogP contribution in [0.15, 0.2) is 12.7 Å². The zero-order valence-electron chi connectivity index (χ0n) is 7.51. The van der Waals surface area contributed by atoms with E-state index in [-0.39, 0.29) is 0 Å². The van der Waals surface area contributed by atoms with Crippen molar-refractivity contribution in [3.8, 4) is 0 Å². The van der Waals surface area contributed by atoms with Crippen LogP contribution in [0.3, 0.4) is 0 Å². The first-order chi connectivity index (χ1) is 5.16. The van der Waals surface area contributed by atoms with Gasteiger partial charge in [0, 0.05) is 26.2 Å². The highest BCUT2D eigenvalue weighted by Crippen LogP contribution is 1.88. The number of hydrazine groups is 1. The molecule has 0 aliphatic heterocycles. The Morgan fingerprint density at radius 3 is 2.82 bits per heavy atom. The lowest BCUT2D eigenvalue weighted by atomic mass is 10.2. The highest BCUT2D eigenvalue weighted by molar-refractivity contribution is 4.74. The van der Waals surface area contributed by atoms with E-state index in [1.54, 1.807) is 5.01 Å². The maximum Gasteiger partial charge on any atom is 0.0250 e. The van der Waals surface area contributed by atoms with Crippen LogP contribution in [0, 0.1) is 0 Å². The minimum Gasteiger partial charge on any atom is -0.313 e. The largest absolute Gasteiger partial charge is 0.313 e. The molecule has 0 radical (unpaired) electrons. The molecule has 0 saturated heterocycles. The van der Waals surface area contributed by atoms with E-state index < -0.39 is 0 Å². The molecule has 0 aromatic rings. The van der Waals surface area contributed by atoms with Crippen LogP contribution in [0.4, 0.5) is 0 Å². The van der Waals surface area contributed by atoms with E-state index in [9.17, 15) is 0 Å². The van der Waals surface area contributed by atoms with Gasteiger partial charge in [-0.3, -0.25) is 5.84 Å². The third kappa shape index (κ3) is 7.52. The number of nitrogens with two attached hydrogens (primary N) is 1. The summed E-state index contributed by atoms with van der Waals surface area (Å²) in [5.74, 6) is 5.43. The van der Waals surface area contributed by atoms with Crippen molar-refractivity contribution in [2.45, 2.75) is 19.4 Å². The summed E-state index contributed by atoms with van der Waals surface area (Å²) in [6.07, 6.45) is 2.93. The van der Waals surface area contributed by atoms with E-state index in [2.05, 4.69) is 18.8 Å². The van der Waals surface area contributed by atoms with E-state index in [1.165, 1.54) is 0 Å². The average molecular weight is 157 g/mol. The van der Waals surface area contributed by atoms with Crippen molar-refractivity contribution in [3.63, 3.8) is 0 Å². The Bertz CT molecular complexity index is 102. The molecule has 3 nitrogen and oxygen atoms in total. The molecule has 0 amide bonds. The molecule has 3 heteroatoms. The average Bonchev–Trinajstić information content (AvgIpc) is 1.87. The van der Waals surface area contributed by atoms with Crippen LogP contribution in [-0.2, 0) is 0 Å². The molecule has 0 aliphatic carbocycles. The van der Waals surface area contributed by atoms with Crippen LogP contribution in [0.2, 0.25) is 0 Å². The first kappa shape index (κ1) is 10.6. The van der Waals surface area contributed by atoms with Crippen molar-refractivity contribution < 1.29 is 0 Å². The van der Waals surface area contributed by atoms with Gasteiger partial charge in [0.15, 0.2) is 0 Å². The number of hydrogen-bond donors (Lipinski definition) is 2. The maximum atomic E-state index is 5.43. The molecule has 1 atom stereocenters. The van der Waals surface area contributed by atoms with E-state index in [4.69, 9.17) is 5.84 Å². The Balaban J connectivity index is 3.16. The molecular weight excluding hydrogens is 138 g/mol. The molecule has 0 aromatic heterocycles. The van der Waals surface area contributed by atoms with Crippen LogP contribution >= 0.6 is 0 Å². The van der Waals surface area contributed by atoms with E-state index >= 15 is 0 Å². The first-order valence-electron chi connectivity index (χ1n) is 3.97. The zero-order chi connectivity index (χ0) is 8.69. The van der Waals surface area contributed by atoms with Gasteiger partial charge in [0.2, 0.25) is 0 Å². The van der Waals surface area contributed by atoms with E-state index in [0.29, 0.717) is 6.04 Å². The minimum absolute atomic E-state index is 0.507. The van der Waals surface area contributed by atoms with Gasteiger partial charge in [0.05, 0.1) is 0 Å². The Labute approximate surface area is 69.2 Å². The first-order valence-corrected chi connectivity index (χ1v) is 3.97. The van der Waals surface area contributed by atoms with Crippen molar-refractivity contribution >= 4 is 0 Å². The summed E-state index contributed by atoms with van der Waals surface area (Å²) in [5, 5.41) is 5.00. The molecule has 0 saturated carbocycles. The Morgan fingerprint density at radius 1 is 1.73 bits per heavy atom. The Morgan fingerprint density at radius 2 is 2.36 bits per heavy atom. The molecule has 0 rings (SSSR count). The van der Waals surface area contributed by atoms with Gasteiger partial charge in [0.25, 0.3) is 0 Å². The van der Waals surface area contributed by atoms with Crippen LogP contribution in [0.5, 0.6) is 0 Å². The molecule has 0 bridgehead atoms. The summed E-state index contributed by atoms with van der Waals surface area (Å²) in [4.78, 5) is 0. The van der Waals surface area contributed by atoms with Gasteiger partial charge >= 0.3 is 0 Å². The second-order valence-electron chi connectivity index (χ2n) is 2.86. The molecule has 0 fully saturated rings. The van der Waals surface area contributed by atoms with Gasteiger partial charge in [-0.25, -0.2) is 5.01 Å². The second kappa shape index (κ2) is 6.34. The van der Waals surface area contributed by atoms with Crippen LogP contribution in [-0.4, -0.2) is 31.2 Å². The standard InChI is InChI=1S/C8H19N3/c1-4-5-8(2)10-6-7-11(3)9/h4,8,10H,1,5-7,9H2,2-3H3. The van der Waals surface area contributed by atoms with Gasteiger partial charge < -0.3 is 5.32 Å². The van der Waals surface area contributed by atoms with E-state index in [0.717, 1.165) is 19.5 Å². The van der Waals surface area contributed by atoms with E-state index in [1.807, 2.05) is 13.1 Å². The van der Waals surface area contributed by atoms with Gasteiger partial charge in [-0.05, 0) is 13.3 Å². The Kier molecular flexibility index (Phi) is 6.12. The van der Waals surface area contributed by atoms with Crippen LogP contribution in [0.1, 0.15) is 13.3 Å². The fourth-order valence-electron chi connectivity index (χ4n) is 0.821. The SMILES string of the molecule is C=CCC(C)NCCN(C)N. The lowest BCUT2D eigenvalue weighted by Crippen LogP contribution is -2.37. The van der Waals surface area contributed by atoms with Crippen molar-refractivity contribution in [1.82, 2.24) is 10.3 Å². The zero-order valence-corrected chi connectivity index (χ0v) is 7.51. The number of likely N-dealkylation sites (N-methyl/N-ethyl adjacent to an activating group) is 1. The fraction of sp³-hybridized carbons (Fsp3) is 0.750. The Hall–Kier alpha value is -0.380. The molecule has 0 aliphatic rings. The number of hydrogen-bond acceptors (Lipinski definition) is 3. The summed E-state index contributed by atoms with van der Waals surface area (Å²) < 4.78 is 0. The molecule has 66 valence electrons. The van der Waals surface area contributed by atoms with Gasteiger partial charge in [0.1, 0.15) is 0 Å². The summed E-state index contributed by atoms with van der Waals surface area (Å²) >= 11 is 0. The number of rotatable bonds is 6. The van der Waals surface area contributed by atoms with Crippen molar-refractivity contribution in [2.24, 2.45) is 5.84 Å². The second-order valence-corrected chi connectivity index (χ2v) is 2.86. The monoisotopic (exact) mass is 157 g/mol. The molecular formula is C8H19N3. The maximum absolute atomic E-state index is 5.43. The summed E-state index contributed by atoms with van der Waals surface area (Å²) in [7, 11) is 1.86. The van der Waals surface area contributed by atoms with Crippen LogP contribution < -0.4 is 11.2 Å². The number of nitrogens with one attached hydrogen (secondary N) is 1. The highest BCUT2D eigenvalue weighted by Gasteiger charge is 1.96. The van der Waals surface area contributed by atoms with Gasteiger partial charge in [-0.1, -0.05) is 6.08 Å². The fourth-order valence-corrected chi connectivity index (χ4v) is 0.821. The molecule has 0 aromatic carbocycles. The van der Waals surface area contributed by atoms with Crippen LogP contribution in [0.25, 0.3) is 0 Å². The topological polar surface area (TPSA) is 41.3 Å². The smallest absolute Gasteiger partial charge is 0.0250 e.